The highest BCUT2D eigenvalue weighted by molar-refractivity contribution is 5.94. The lowest BCUT2D eigenvalue weighted by Crippen LogP contribution is -1.87. The van der Waals surface area contributed by atoms with Gasteiger partial charge in [-0.1, -0.05) is 24.3 Å². The van der Waals surface area contributed by atoms with E-state index in [1.807, 2.05) is 6.07 Å². The van der Waals surface area contributed by atoms with Gasteiger partial charge in [0, 0.05) is 21.7 Å². The molecule has 0 N–H and O–H groups in total. The van der Waals surface area contributed by atoms with Crippen molar-refractivity contribution in [3.05, 3.63) is 53.6 Å². The Morgan fingerprint density at radius 2 is 1.65 bits per heavy atom. The number of para-hydroxylation sites is 1. The third-order valence-electron chi connectivity index (χ3n) is 3.24. The van der Waals surface area contributed by atoms with E-state index >= 15 is 0 Å². The summed E-state index contributed by atoms with van der Waals surface area (Å²) in [6.07, 6.45) is 0. The molecule has 0 aliphatic heterocycles. The molecule has 2 aromatic carbocycles. The smallest absolute Gasteiger partial charge is 0.0712 e. The monoisotopic (exact) mass is 235 g/mol. The maximum Gasteiger partial charge on any atom is 0.0712 e. The highest BCUT2D eigenvalue weighted by atomic mass is 28.1. The van der Waals surface area contributed by atoms with Crippen molar-refractivity contribution in [1.82, 2.24) is 4.98 Å². The number of rotatable bonds is 0. The predicted octanol–water partition coefficient (Wildman–Crippen LogP) is 3.62. The summed E-state index contributed by atoms with van der Waals surface area (Å²) < 4.78 is 0. The first kappa shape index (κ1) is 11.8. The Morgan fingerprint density at radius 1 is 0.882 bits per heavy atom. The van der Waals surface area contributed by atoms with E-state index < -0.39 is 0 Å². The van der Waals surface area contributed by atoms with Crippen LogP contribution in [0.4, 0.5) is 0 Å². The van der Waals surface area contributed by atoms with Crippen LogP contribution in [0.15, 0.2) is 42.5 Å². The Kier molecular flexibility index (Phi) is 2.98. The van der Waals surface area contributed by atoms with Gasteiger partial charge < -0.3 is 0 Å². The van der Waals surface area contributed by atoms with Crippen LogP contribution in [0.1, 0.15) is 11.1 Å². The summed E-state index contributed by atoms with van der Waals surface area (Å²) in [5.74, 6) is 0. The van der Waals surface area contributed by atoms with Crippen LogP contribution in [0.2, 0.25) is 0 Å². The second kappa shape index (κ2) is 4.30. The van der Waals surface area contributed by atoms with Gasteiger partial charge in [-0.15, -0.1) is 0 Å². The molecule has 1 aromatic heterocycles. The Hall–Kier alpha value is -1.67. The molecule has 0 amide bonds. The fourth-order valence-electron chi connectivity index (χ4n) is 2.10. The molecule has 0 unspecified atom stereocenters. The van der Waals surface area contributed by atoms with Crippen molar-refractivity contribution in [2.24, 2.45) is 0 Å². The number of pyridine rings is 1. The summed E-state index contributed by atoms with van der Waals surface area (Å²) in [5.41, 5.74) is 4.81. The van der Waals surface area contributed by atoms with Crippen LogP contribution >= 0.6 is 0 Å². The SMILES string of the molecule is Cc1ccc2nc3ccccc3cc2c1C.[Si]. The molecule has 0 bridgehead atoms. The molecule has 0 atom stereocenters. The topological polar surface area (TPSA) is 12.9 Å². The van der Waals surface area contributed by atoms with Crippen molar-refractivity contribution in [3.63, 3.8) is 0 Å². The average Bonchev–Trinajstić information content (AvgIpc) is 2.32. The van der Waals surface area contributed by atoms with Crippen LogP contribution in [0, 0.1) is 13.8 Å². The van der Waals surface area contributed by atoms with Gasteiger partial charge in [0.25, 0.3) is 0 Å². The van der Waals surface area contributed by atoms with E-state index in [1.54, 1.807) is 0 Å². The first-order valence-corrected chi connectivity index (χ1v) is 5.51. The highest BCUT2D eigenvalue weighted by Gasteiger charge is 2.03. The van der Waals surface area contributed by atoms with E-state index in [9.17, 15) is 0 Å². The van der Waals surface area contributed by atoms with E-state index in [2.05, 4.69) is 55.2 Å². The van der Waals surface area contributed by atoms with Gasteiger partial charge in [0.15, 0.2) is 0 Å². The Labute approximate surface area is 106 Å². The van der Waals surface area contributed by atoms with Crippen molar-refractivity contribution < 1.29 is 0 Å². The van der Waals surface area contributed by atoms with Gasteiger partial charge >= 0.3 is 0 Å². The molecule has 0 saturated carbocycles. The van der Waals surface area contributed by atoms with Crippen molar-refractivity contribution in [2.45, 2.75) is 13.8 Å². The summed E-state index contributed by atoms with van der Waals surface area (Å²) in [6.45, 7) is 4.30. The van der Waals surface area contributed by atoms with Gasteiger partial charge in [-0.25, -0.2) is 4.98 Å². The van der Waals surface area contributed by atoms with Gasteiger partial charge in [-0.05, 0) is 43.2 Å². The van der Waals surface area contributed by atoms with Crippen LogP contribution in [-0.4, -0.2) is 15.9 Å². The van der Waals surface area contributed by atoms with Gasteiger partial charge in [-0.3, -0.25) is 0 Å². The molecule has 82 valence electrons. The summed E-state index contributed by atoms with van der Waals surface area (Å²) in [4.78, 5) is 4.68. The van der Waals surface area contributed by atoms with Crippen molar-refractivity contribution in [3.8, 4) is 0 Å². The second-order valence-corrected chi connectivity index (χ2v) is 4.26. The number of aryl methyl sites for hydroxylation is 2. The molecule has 0 aliphatic carbocycles. The fraction of sp³-hybridized carbons (Fsp3) is 0.133. The molecule has 1 heterocycles. The van der Waals surface area contributed by atoms with Crippen molar-refractivity contribution in [1.29, 1.82) is 0 Å². The predicted molar refractivity (Wildman–Crippen MR) is 74.5 cm³/mol. The van der Waals surface area contributed by atoms with Crippen LogP contribution in [-0.2, 0) is 0 Å². The fourth-order valence-corrected chi connectivity index (χ4v) is 2.10. The number of benzene rings is 2. The summed E-state index contributed by atoms with van der Waals surface area (Å²) in [5, 5.41) is 2.47. The molecule has 4 radical (unpaired) electrons. The van der Waals surface area contributed by atoms with E-state index in [1.165, 1.54) is 21.9 Å². The van der Waals surface area contributed by atoms with Gasteiger partial charge in [0.2, 0.25) is 0 Å². The summed E-state index contributed by atoms with van der Waals surface area (Å²) >= 11 is 0. The molecular formula is C15H13NSi. The van der Waals surface area contributed by atoms with Gasteiger partial charge in [0.1, 0.15) is 0 Å². The summed E-state index contributed by atoms with van der Waals surface area (Å²) in [7, 11) is 0. The first-order chi connectivity index (χ1) is 7.75. The molecule has 0 aliphatic rings. The maximum atomic E-state index is 4.68. The van der Waals surface area contributed by atoms with E-state index in [4.69, 9.17) is 0 Å². The number of aromatic nitrogens is 1. The lowest BCUT2D eigenvalue weighted by molar-refractivity contribution is 1.36. The van der Waals surface area contributed by atoms with Crippen molar-refractivity contribution >= 4 is 32.8 Å². The minimum absolute atomic E-state index is 0. The summed E-state index contributed by atoms with van der Waals surface area (Å²) in [6, 6.07) is 14.7. The number of fused-ring (bicyclic) bond motifs is 2. The molecule has 0 spiro atoms. The minimum atomic E-state index is 0. The number of hydrogen-bond donors (Lipinski definition) is 0. The van der Waals surface area contributed by atoms with Crippen LogP contribution in [0.5, 0.6) is 0 Å². The molecule has 0 fully saturated rings. The molecule has 17 heavy (non-hydrogen) atoms. The quantitative estimate of drug-likeness (QED) is 0.428. The number of nitrogens with zero attached hydrogens (tertiary/aromatic N) is 1. The van der Waals surface area contributed by atoms with Gasteiger partial charge in [-0.2, -0.15) is 0 Å². The molecule has 3 aromatic rings. The largest absolute Gasteiger partial charge is 0.248 e. The average molecular weight is 235 g/mol. The first-order valence-electron chi connectivity index (χ1n) is 5.51. The lowest BCUT2D eigenvalue weighted by atomic mass is 10.0. The van der Waals surface area contributed by atoms with Crippen LogP contribution in [0.25, 0.3) is 21.8 Å². The number of hydrogen-bond acceptors (Lipinski definition) is 1. The lowest BCUT2D eigenvalue weighted by Gasteiger charge is -2.06. The van der Waals surface area contributed by atoms with Crippen molar-refractivity contribution in [2.75, 3.05) is 0 Å². The molecular weight excluding hydrogens is 222 g/mol. The third-order valence-corrected chi connectivity index (χ3v) is 3.24. The normalized spacial score (nSPS) is 10.5. The van der Waals surface area contributed by atoms with Crippen LogP contribution < -0.4 is 0 Å². The Bertz CT molecular complexity index is 689. The molecule has 2 heteroatoms. The zero-order chi connectivity index (χ0) is 11.1. The second-order valence-electron chi connectivity index (χ2n) is 4.26. The van der Waals surface area contributed by atoms with E-state index in [0.717, 1.165) is 11.0 Å². The third kappa shape index (κ3) is 1.85. The maximum absolute atomic E-state index is 4.68. The van der Waals surface area contributed by atoms with E-state index in [0.29, 0.717) is 0 Å². The Morgan fingerprint density at radius 3 is 2.47 bits per heavy atom. The Balaban J connectivity index is 0.00000108. The minimum Gasteiger partial charge on any atom is -0.248 e. The highest BCUT2D eigenvalue weighted by Crippen LogP contribution is 2.24. The van der Waals surface area contributed by atoms with E-state index in [-0.39, 0.29) is 11.0 Å². The standard InChI is InChI=1S/C15H13N.Si/c1-10-7-8-15-13(11(10)2)9-12-5-3-4-6-14(12)16-15;/h3-9H,1-2H3;. The molecule has 0 saturated heterocycles. The molecule has 3 rings (SSSR count). The zero-order valence-electron chi connectivity index (χ0n) is 9.99. The van der Waals surface area contributed by atoms with Gasteiger partial charge in [0.05, 0.1) is 11.0 Å². The molecule has 1 nitrogen and oxygen atoms in total. The van der Waals surface area contributed by atoms with Crippen LogP contribution in [0.3, 0.4) is 0 Å². The zero-order valence-corrected chi connectivity index (χ0v) is 11.0.